The number of aliphatic hydroxyl groups excluding tert-OH is 1. The molecule has 214 valence electrons. The average molecular weight is 568 g/mol. The van der Waals surface area contributed by atoms with Crippen molar-refractivity contribution in [2.75, 3.05) is 5.73 Å². The molecular weight excluding hydrogens is 525 g/mol. The Morgan fingerprint density at radius 3 is 1.93 bits per heavy atom. The molecule has 41 heavy (non-hydrogen) atoms. The van der Waals surface area contributed by atoms with Crippen LogP contribution < -0.4 is 21.6 Å². The first-order valence-electron chi connectivity index (χ1n) is 14.3. The van der Waals surface area contributed by atoms with Gasteiger partial charge in [-0.3, -0.25) is 4.68 Å². The van der Waals surface area contributed by atoms with Crippen molar-refractivity contribution in [2.24, 2.45) is 0 Å². The van der Waals surface area contributed by atoms with E-state index in [1.54, 1.807) is 0 Å². The van der Waals surface area contributed by atoms with Gasteiger partial charge >= 0.3 is 7.12 Å². The molecule has 1 atom stereocenters. The van der Waals surface area contributed by atoms with Gasteiger partial charge in [0.25, 0.3) is 0 Å². The lowest BCUT2D eigenvalue weighted by atomic mass is 9.77. The third-order valence-electron chi connectivity index (χ3n) is 8.97. The fraction of sp³-hybridized carbons (Fsp3) is 0.364. The molecule has 6 nitrogen and oxygen atoms in total. The Hall–Kier alpha value is -3.17. The first-order valence-corrected chi connectivity index (χ1v) is 16.4. The van der Waals surface area contributed by atoms with Gasteiger partial charge in [-0.1, -0.05) is 97.9 Å². The molecule has 0 amide bonds. The fourth-order valence-corrected chi connectivity index (χ4v) is 11.9. The lowest BCUT2D eigenvalue weighted by Crippen LogP contribution is -2.72. The van der Waals surface area contributed by atoms with Crippen LogP contribution >= 0.6 is 0 Å². The number of nitrogen functional groups attached to an aromatic ring is 1. The van der Waals surface area contributed by atoms with E-state index >= 15 is 0 Å². The van der Waals surface area contributed by atoms with Crippen LogP contribution in [0.3, 0.4) is 0 Å². The zero-order valence-corrected chi connectivity index (χ0v) is 26.3. The average Bonchev–Trinajstić information content (AvgIpc) is 3.45. The van der Waals surface area contributed by atoms with Gasteiger partial charge in [-0.15, -0.1) is 0 Å². The summed E-state index contributed by atoms with van der Waals surface area (Å²) in [6.07, 6.45) is 3.82. The van der Waals surface area contributed by atoms with Crippen molar-refractivity contribution < 1.29 is 14.4 Å². The summed E-state index contributed by atoms with van der Waals surface area (Å²) in [7, 11) is -3.23. The Morgan fingerprint density at radius 1 is 0.878 bits per heavy atom. The maximum absolute atomic E-state index is 12.2. The highest BCUT2D eigenvalue weighted by atomic mass is 28.3. The summed E-state index contributed by atoms with van der Waals surface area (Å²) < 4.78 is 14.4. The van der Waals surface area contributed by atoms with Crippen LogP contribution in [0.5, 0.6) is 0 Å². The Morgan fingerprint density at radius 2 is 1.41 bits per heavy atom. The molecule has 1 aliphatic rings. The second-order valence-corrected chi connectivity index (χ2v) is 18.2. The van der Waals surface area contributed by atoms with Crippen LogP contribution in [0.4, 0.5) is 5.69 Å². The van der Waals surface area contributed by atoms with Gasteiger partial charge in [0.2, 0.25) is 0 Å². The summed E-state index contributed by atoms with van der Waals surface area (Å²) in [4.78, 5) is 0. The number of benzene rings is 3. The summed E-state index contributed by atoms with van der Waals surface area (Å²) in [5, 5.41) is 19.2. The fourth-order valence-electron chi connectivity index (χ4n) is 6.20. The van der Waals surface area contributed by atoms with Crippen molar-refractivity contribution >= 4 is 36.7 Å². The van der Waals surface area contributed by atoms with Crippen molar-refractivity contribution in [3.63, 3.8) is 0 Å². The van der Waals surface area contributed by atoms with E-state index in [-0.39, 0.29) is 5.04 Å². The molecule has 1 aliphatic heterocycles. The van der Waals surface area contributed by atoms with Crippen molar-refractivity contribution in [1.29, 1.82) is 0 Å². The number of aliphatic hydroxyl groups is 1. The van der Waals surface area contributed by atoms with Crippen LogP contribution in [-0.4, -0.2) is 47.0 Å². The first-order chi connectivity index (χ1) is 19.2. The van der Waals surface area contributed by atoms with Crippen LogP contribution in [0.1, 0.15) is 48.5 Å². The molecule has 3 N–H and O–H groups in total. The maximum Gasteiger partial charge on any atom is 0.494 e. The zero-order valence-electron chi connectivity index (χ0n) is 25.3. The van der Waals surface area contributed by atoms with E-state index in [1.807, 2.05) is 69.0 Å². The molecular formula is C33H42BN3O3Si. The van der Waals surface area contributed by atoms with Crippen molar-refractivity contribution in [2.45, 2.75) is 77.0 Å². The van der Waals surface area contributed by atoms with E-state index in [0.717, 1.165) is 16.6 Å². The highest BCUT2D eigenvalue weighted by molar-refractivity contribution is 7.05. The second kappa shape index (κ2) is 10.6. The quantitative estimate of drug-likeness (QED) is 0.256. The summed E-state index contributed by atoms with van der Waals surface area (Å²) in [5.74, 6) is 0. The Balaban J connectivity index is 1.48. The number of anilines is 1. The normalized spacial score (nSPS) is 17.5. The van der Waals surface area contributed by atoms with Gasteiger partial charge in [-0.25, -0.2) is 0 Å². The third kappa shape index (κ3) is 5.30. The van der Waals surface area contributed by atoms with Crippen molar-refractivity contribution in [3.05, 3.63) is 91.3 Å². The summed E-state index contributed by atoms with van der Waals surface area (Å²) in [6, 6.07) is 26.9. The van der Waals surface area contributed by atoms with Gasteiger partial charge in [0.05, 0.1) is 29.7 Å². The smallest absolute Gasteiger partial charge is 0.399 e. The molecule has 1 unspecified atom stereocenters. The molecule has 5 rings (SSSR count). The number of nitrogens with two attached hydrogens (primary N) is 1. The van der Waals surface area contributed by atoms with Gasteiger partial charge in [0.15, 0.2) is 8.07 Å². The molecule has 0 bridgehead atoms. The molecule has 1 aromatic heterocycles. The van der Waals surface area contributed by atoms with E-state index in [0.29, 0.717) is 12.2 Å². The molecule has 4 aromatic rings. The van der Waals surface area contributed by atoms with Crippen LogP contribution in [0.15, 0.2) is 91.3 Å². The first kappa shape index (κ1) is 29.3. The highest BCUT2D eigenvalue weighted by Gasteiger charge is 2.53. The molecule has 1 fully saturated rings. The Kier molecular flexibility index (Phi) is 7.57. The molecule has 0 radical (unpaired) electrons. The van der Waals surface area contributed by atoms with Gasteiger partial charge < -0.3 is 20.1 Å². The number of hydrogen-bond donors (Lipinski definition) is 2. The van der Waals surface area contributed by atoms with Gasteiger partial charge in [-0.05, 0) is 55.9 Å². The minimum absolute atomic E-state index is 0.170. The van der Waals surface area contributed by atoms with Gasteiger partial charge in [0, 0.05) is 17.4 Å². The lowest BCUT2D eigenvalue weighted by Gasteiger charge is -2.47. The molecule has 0 saturated carbocycles. The minimum atomic E-state index is -2.73. The lowest BCUT2D eigenvalue weighted by molar-refractivity contribution is 0.00578. The molecule has 1 saturated heterocycles. The van der Waals surface area contributed by atoms with Crippen molar-refractivity contribution in [3.8, 4) is 11.1 Å². The number of rotatable bonds is 7. The summed E-state index contributed by atoms with van der Waals surface area (Å²) in [5.41, 5.74) is 8.20. The summed E-state index contributed by atoms with van der Waals surface area (Å²) >= 11 is 0. The monoisotopic (exact) mass is 567 g/mol. The topological polar surface area (TPSA) is 82.5 Å². The SMILES string of the molecule is CC1(C)OB(c2cc(N)cc(-c3cnn(CC(O)[Si](c4ccccc4)(c4ccccc4)C(C)(C)C)c3)c2)OC1(C)C. The van der Waals surface area contributed by atoms with E-state index in [1.165, 1.54) is 10.4 Å². The largest absolute Gasteiger partial charge is 0.494 e. The molecule has 0 spiro atoms. The molecule has 0 aliphatic carbocycles. The summed E-state index contributed by atoms with van der Waals surface area (Å²) in [6.45, 7) is 15.3. The maximum atomic E-state index is 12.2. The molecule has 3 aromatic carbocycles. The van der Waals surface area contributed by atoms with E-state index in [2.05, 4.69) is 75.4 Å². The molecule has 2 heterocycles. The van der Waals surface area contributed by atoms with Crippen LogP contribution in [0.2, 0.25) is 5.04 Å². The predicted octanol–water partition coefficient (Wildman–Crippen LogP) is 4.39. The standard InChI is InChI=1S/C33H42BN3O3Si/c1-31(2,3)41(28-14-10-8-11-15-28,29-16-12-9-13-17-29)30(38)23-37-22-25(21-36-37)24-18-26(20-27(35)19-24)34-39-32(4,5)33(6,7)40-34/h8-22,30,38H,23,35H2,1-7H3. The predicted molar refractivity (Wildman–Crippen MR) is 171 cm³/mol. The minimum Gasteiger partial charge on any atom is -0.399 e. The number of hydrogen-bond acceptors (Lipinski definition) is 5. The zero-order chi connectivity index (χ0) is 29.6. The van der Waals surface area contributed by atoms with Crippen molar-refractivity contribution in [1.82, 2.24) is 9.78 Å². The molecule has 8 heteroatoms. The third-order valence-corrected chi connectivity index (χ3v) is 15.0. The Bertz CT molecular complexity index is 1440. The van der Waals surface area contributed by atoms with Gasteiger partial charge in [-0.2, -0.15) is 5.10 Å². The van der Waals surface area contributed by atoms with E-state index < -0.39 is 32.1 Å². The van der Waals surface area contributed by atoms with E-state index in [9.17, 15) is 5.11 Å². The van der Waals surface area contributed by atoms with Crippen LogP contribution in [0, 0.1) is 0 Å². The Labute approximate surface area is 245 Å². The van der Waals surface area contributed by atoms with E-state index in [4.69, 9.17) is 20.1 Å². The van der Waals surface area contributed by atoms with Crippen LogP contribution in [-0.2, 0) is 15.9 Å². The second-order valence-electron chi connectivity index (χ2n) is 13.2. The number of nitrogens with zero attached hydrogens (tertiary/aromatic N) is 2. The van der Waals surface area contributed by atoms with Gasteiger partial charge in [0.1, 0.15) is 0 Å². The number of aromatic nitrogens is 2. The van der Waals surface area contributed by atoms with Crippen LogP contribution in [0.25, 0.3) is 11.1 Å². The highest BCUT2D eigenvalue weighted by Crippen LogP contribution is 2.39.